The minimum absolute atomic E-state index is 0.481. The van der Waals surface area contributed by atoms with Gasteiger partial charge in [0.2, 0.25) is 0 Å². The maximum Gasteiger partial charge on any atom is 0.0957 e. The molecule has 4 heteroatoms. The summed E-state index contributed by atoms with van der Waals surface area (Å²) < 4.78 is 5.08. The van der Waals surface area contributed by atoms with Gasteiger partial charge in [-0.1, -0.05) is 13.0 Å². The summed E-state index contributed by atoms with van der Waals surface area (Å²) in [5.74, 6) is 0. The standard InChI is InChI=1S/C14H22N2O2/c1-4-8-16(9-10-18-3)12-6-7-13(15-11-12)14(17)5-2/h4,6-7,11,14,17H,1,5,8-10H2,2-3H3/t14-/m0/s1. The zero-order valence-corrected chi connectivity index (χ0v) is 11.2. The monoisotopic (exact) mass is 250 g/mol. The summed E-state index contributed by atoms with van der Waals surface area (Å²) in [5.41, 5.74) is 1.73. The van der Waals surface area contributed by atoms with E-state index in [0.29, 0.717) is 18.7 Å². The lowest BCUT2D eigenvalue weighted by molar-refractivity contribution is 0.169. The Kier molecular flexibility index (Phi) is 6.39. The van der Waals surface area contributed by atoms with E-state index in [0.717, 1.165) is 18.8 Å². The van der Waals surface area contributed by atoms with Crippen LogP contribution in [0.15, 0.2) is 31.0 Å². The van der Waals surface area contributed by atoms with Crippen LogP contribution in [0.3, 0.4) is 0 Å². The fourth-order valence-corrected chi connectivity index (χ4v) is 1.67. The Bertz CT molecular complexity index is 351. The number of ether oxygens (including phenoxy) is 1. The van der Waals surface area contributed by atoms with Gasteiger partial charge in [-0.2, -0.15) is 0 Å². The molecular formula is C14H22N2O2. The molecule has 1 N–H and O–H groups in total. The zero-order chi connectivity index (χ0) is 13.4. The van der Waals surface area contributed by atoms with Gasteiger partial charge < -0.3 is 14.7 Å². The van der Waals surface area contributed by atoms with Gasteiger partial charge >= 0.3 is 0 Å². The van der Waals surface area contributed by atoms with E-state index in [2.05, 4.69) is 16.5 Å². The first kappa shape index (κ1) is 14.7. The average Bonchev–Trinajstić information content (AvgIpc) is 2.43. The van der Waals surface area contributed by atoms with Crippen LogP contribution < -0.4 is 4.90 Å². The molecule has 0 fully saturated rings. The molecule has 0 bridgehead atoms. The first-order chi connectivity index (χ1) is 8.72. The predicted molar refractivity (Wildman–Crippen MR) is 73.8 cm³/mol. The summed E-state index contributed by atoms with van der Waals surface area (Å²) in [6, 6.07) is 3.84. The lowest BCUT2D eigenvalue weighted by Crippen LogP contribution is -2.27. The van der Waals surface area contributed by atoms with Crippen molar-refractivity contribution in [2.45, 2.75) is 19.4 Å². The number of hydrogen-bond acceptors (Lipinski definition) is 4. The van der Waals surface area contributed by atoms with Crippen molar-refractivity contribution in [3.8, 4) is 0 Å². The van der Waals surface area contributed by atoms with E-state index in [9.17, 15) is 5.11 Å². The van der Waals surface area contributed by atoms with Crippen molar-refractivity contribution in [3.05, 3.63) is 36.7 Å². The van der Waals surface area contributed by atoms with Crippen molar-refractivity contribution in [3.63, 3.8) is 0 Å². The minimum atomic E-state index is -0.481. The fourth-order valence-electron chi connectivity index (χ4n) is 1.67. The van der Waals surface area contributed by atoms with Crippen LogP contribution in [0.4, 0.5) is 5.69 Å². The van der Waals surface area contributed by atoms with Crippen LogP contribution in [-0.4, -0.2) is 36.9 Å². The van der Waals surface area contributed by atoms with Crippen LogP contribution in [-0.2, 0) is 4.74 Å². The van der Waals surface area contributed by atoms with Gasteiger partial charge in [0, 0.05) is 20.2 Å². The molecule has 0 aromatic carbocycles. The molecule has 1 rings (SSSR count). The summed E-state index contributed by atoms with van der Waals surface area (Å²) in [5, 5.41) is 9.69. The highest BCUT2D eigenvalue weighted by molar-refractivity contribution is 5.45. The molecule has 0 aliphatic carbocycles. The SMILES string of the molecule is C=CCN(CCOC)c1ccc([C@@H](O)CC)nc1. The maximum atomic E-state index is 9.69. The largest absolute Gasteiger partial charge is 0.387 e. The fraction of sp³-hybridized carbons (Fsp3) is 0.500. The number of aromatic nitrogens is 1. The van der Waals surface area contributed by atoms with E-state index in [1.807, 2.05) is 25.1 Å². The first-order valence-corrected chi connectivity index (χ1v) is 6.21. The van der Waals surface area contributed by atoms with E-state index in [1.54, 1.807) is 13.3 Å². The molecule has 0 unspecified atom stereocenters. The van der Waals surface area contributed by atoms with Crippen LogP contribution in [0.25, 0.3) is 0 Å². The number of methoxy groups -OCH3 is 1. The second-order valence-electron chi connectivity index (χ2n) is 4.09. The number of anilines is 1. The number of hydrogen-bond donors (Lipinski definition) is 1. The Morgan fingerprint density at radius 1 is 1.56 bits per heavy atom. The van der Waals surface area contributed by atoms with E-state index in [-0.39, 0.29) is 0 Å². The van der Waals surface area contributed by atoms with Crippen LogP contribution in [0.2, 0.25) is 0 Å². The number of aliphatic hydroxyl groups excluding tert-OH is 1. The van der Waals surface area contributed by atoms with Gasteiger partial charge in [0.15, 0.2) is 0 Å². The van der Waals surface area contributed by atoms with Crippen LogP contribution in [0, 0.1) is 0 Å². The van der Waals surface area contributed by atoms with Gasteiger partial charge in [-0.3, -0.25) is 4.98 Å². The molecule has 0 spiro atoms. The normalized spacial score (nSPS) is 12.2. The molecule has 1 heterocycles. The molecule has 100 valence electrons. The molecule has 18 heavy (non-hydrogen) atoms. The molecule has 1 aromatic rings. The number of pyridine rings is 1. The van der Waals surface area contributed by atoms with E-state index < -0.39 is 6.10 Å². The second-order valence-corrected chi connectivity index (χ2v) is 4.09. The highest BCUT2D eigenvalue weighted by Gasteiger charge is 2.08. The van der Waals surface area contributed by atoms with Gasteiger partial charge in [-0.15, -0.1) is 6.58 Å². The second kappa shape index (κ2) is 7.84. The van der Waals surface area contributed by atoms with Gasteiger partial charge in [0.25, 0.3) is 0 Å². The molecule has 4 nitrogen and oxygen atoms in total. The number of aliphatic hydroxyl groups is 1. The third-order valence-electron chi connectivity index (χ3n) is 2.78. The topological polar surface area (TPSA) is 45.6 Å². The zero-order valence-electron chi connectivity index (χ0n) is 11.2. The van der Waals surface area contributed by atoms with Gasteiger partial charge in [0.05, 0.1) is 30.3 Å². The minimum Gasteiger partial charge on any atom is -0.387 e. The van der Waals surface area contributed by atoms with Crippen molar-refractivity contribution in [1.29, 1.82) is 0 Å². The Labute approximate surface area is 109 Å². The highest BCUT2D eigenvalue weighted by Crippen LogP contribution is 2.18. The van der Waals surface area contributed by atoms with Gasteiger partial charge in [0.1, 0.15) is 0 Å². The van der Waals surface area contributed by atoms with Crippen molar-refractivity contribution in [1.82, 2.24) is 4.98 Å². The van der Waals surface area contributed by atoms with Gasteiger partial charge in [-0.05, 0) is 18.6 Å². The Hall–Kier alpha value is -1.39. The Morgan fingerprint density at radius 3 is 2.83 bits per heavy atom. The summed E-state index contributed by atoms with van der Waals surface area (Å²) in [7, 11) is 1.69. The molecule has 0 amide bonds. The van der Waals surface area contributed by atoms with Crippen LogP contribution in [0.1, 0.15) is 25.1 Å². The Morgan fingerprint density at radius 2 is 2.33 bits per heavy atom. The molecule has 0 aliphatic heterocycles. The summed E-state index contributed by atoms with van der Waals surface area (Å²) in [6.07, 6.45) is 3.83. The molecule has 0 saturated carbocycles. The first-order valence-electron chi connectivity index (χ1n) is 6.21. The van der Waals surface area contributed by atoms with Crippen LogP contribution >= 0.6 is 0 Å². The van der Waals surface area contributed by atoms with Crippen molar-refractivity contribution >= 4 is 5.69 Å². The van der Waals surface area contributed by atoms with E-state index >= 15 is 0 Å². The van der Waals surface area contributed by atoms with Crippen molar-refractivity contribution in [2.75, 3.05) is 31.7 Å². The lowest BCUT2D eigenvalue weighted by Gasteiger charge is -2.23. The molecule has 0 saturated heterocycles. The third-order valence-corrected chi connectivity index (χ3v) is 2.78. The summed E-state index contributed by atoms with van der Waals surface area (Å²) >= 11 is 0. The Balaban J connectivity index is 2.76. The highest BCUT2D eigenvalue weighted by atomic mass is 16.5. The lowest BCUT2D eigenvalue weighted by atomic mass is 10.2. The quantitative estimate of drug-likeness (QED) is 0.718. The maximum absolute atomic E-state index is 9.69. The molecule has 1 atom stereocenters. The van der Waals surface area contributed by atoms with Crippen LogP contribution in [0.5, 0.6) is 0 Å². The number of nitrogens with zero attached hydrogens (tertiary/aromatic N) is 2. The summed E-state index contributed by atoms with van der Waals surface area (Å²) in [4.78, 5) is 6.42. The molecule has 1 aromatic heterocycles. The molecule has 0 aliphatic rings. The summed E-state index contributed by atoms with van der Waals surface area (Å²) in [6.45, 7) is 7.89. The average molecular weight is 250 g/mol. The smallest absolute Gasteiger partial charge is 0.0957 e. The van der Waals surface area contributed by atoms with E-state index in [4.69, 9.17) is 4.74 Å². The predicted octanol–water partition coefficient (Wildman–Crippen LogP) is 2.16. The molecule has 0 radical (unpaired) electrons. The third kappa shape index (κ3) is 4.13. The van der Waals surface area contributed by atoms with E-state index in [1.165, 1.54) is 0 Å². The number of rotatable bonds is 8. The van der Waals surface area contributed by atoms with Gasteiger partial charge in [-0.25, -0.2) is 0 Å². The molecular weight excluding hydrogens is 228 g/mol. The van der Waals surface area contributed by atoms with Crippen molar-refractivity contribution < 1.29 is 9.84 Å². The van der Waals surface area contributed by atoms with Crippen molar-refractivity contribution in [2.24, 2.45) is 0 Å².